The number of hydrogen-bond donors (Lipinski definition) is 3. The van der Waals surface area contributed by atoms with Crippen LogP contribution in [-0.2, 0) is 4.79 Å². The molecule has 0 spiro atoms. The first-order valence-corrected chi connectivity index (χ1v) is 7.83. The van der Waals surface area contributed by atoms with Gasteiger partial charge in [-0.15, -0.1) is 0 Å². The molecule has 0 aromatic carbocycles. The van der Waals surface area contributed by atoms with Crippen molar-refractivity contribution in [2.45, 2.75) is 51.5 Å². The second-order valence-corrected chi connectivity index (χ2v) is 5.89. The lowest BCUT2D eigenvalue weighted by Crippen LogP contribution is -2.32. The van der Waals surface area contributed by atoms with E-state index in [1.54, 1.807) is 0 Å². The summed E-state index contributed by atoms with van der Waals surface area (Å²) in [4.78, 5) is 20.6. The molecule has 1 aliphatic heterocycles. The zero-order valence-corrected chi connectivity index (χ0v) is 12.7. The number of nitrogens with one attached hydrogen (secondary N) is 3. The van der Waals surface area contributed by atoms with Gasteiger partial charge in [-0.2, -0.15) is 0 Å². The molecule has 1 atom stereocenters. The predicted octanol–water partition coefficient (Wildman–Crippen LogP) is 1.78. The van der Waals surface area contributed by atoms with Gasteiger partial charge >= 0.3 is 0 Å². The van der Waals surface area contributed by atoms with Crippen LogP contribution in [0.2, 0.25) is 0 Å². The molecule has 1 aliphatic carbocycles. The predicted molar refractivity (Wildman–Crippen MR) is 82.6 cm³/mol. The Morgan fingerprint density at radius 1 is 1.19 bits per heavy atom. The van der Waals surface area contributed by atoms with Crippen LogP contribution in [0.1, 0.15) is 49.9 Å². The van der Waals surface area contributed by atoms with E-state index in [2.05, 4.69) is 32.8 Å². The molecule has 3 rings (SSSR count). The maximum atomic E-state index is 11.2. The summed E-state index contributed by atoms with van der Waals surface area (Å²) in [5.41, 5.74) is 1.05. The molecule has 2 heterocycles. The fraction of sp³-hybridized carbons (Fsp3) is 0.667. The largest absolute Gasteiger partial charge is 0.370 e. The third-order valence-electron chi connectivity index (χ3n) is 4.05. The van der Waals surface area contributed by atoms with E-state index in [-0.39, 0.29) is 11.9 Å². The molecule has 2 fully saturated rings. The van der Waals surface area contributed by atoms with Crippen LogP contribution >= 0.6 is 0 Å². The molecular weight excluding hydrogens is 266 g/mol. The van der Waals surface area contributed by atoms with Crippen molar-refractivity contribution in [1.82, 2.24) is 15.3 Å². The van der Waals surface area contributed by atoms with Crippen LogP contribution in [0.5, 0.6) is 0 Å². The third-order valence-corrected chi connectivity index (χ3v) is 4.05. The Kier molecular flexibility index (Phi) is 3.94. The summed E-state index contributed by atoms with van der Waals surface area (Å²) in [7, 11) is 0. The number of hydrogen-bond acceptors (Lipinski definition) is 5. The van der Waals surface area contributed by atoms with Crippen molar-refractivity contribution in [1.29, 1.82) is 0 Å². The van der Waals surface area contributed by atoms with E-state index in [0.29, 0.717) is 12.3 Å². The highest BCUT2D eigenvalue weighted by atomic mass is 16.1. The van der Waals surface area contributed by atoms with Crippen LogP contribution in [0, 0.1) is 6.92 Å². The SMILES string of the molecule is CCNc1nc(C2CC2)nc(NCC2CCC(=O)N2)c1C. The monoisotopic (exact) mass is 289 g/mol. The smallest absolute Gasteiger partial charge is 0.220 e. The number of anilines is 2. The average molecular weight is 289 g/mol. The van der Waals surface area contributed by atoms with E-state index in [0.717, 1.165) is 42.5 Å². The molecule has 21 heavy (non-hydrogen) atoms. The van der Waals surface area contributed by atoms with Gasteiger partial charge < -0.3 is 16.0 Å². The van der Waals surface area contributed by atoms with Crippen molar-refractivity contribution in [3.8, 4) is 0 Å². The number of aromatic nitrogens is 2. The standard InChI is InChI=1S/C15H23N5O/c1-3-16-13-9(2)14(20-15(19-13)10-4-5-10)17-8-11-6-7-12(21)18-11/h10-11H,3-8H2,1-2H3,(H,18,21)(H2,16,17,19,20). The van der Waals surface area contributed by atoms with Crippen LogP contribution < -0.4 is 16.0 Å². The van der Waals surface area contributed by atoms with Gasteiger partial charge in [0.1, 0.15) is 17.5 Å². The van der Waals surface area contributed by atoms with Crippen molar-refractivity contribution >= 4 is 17.5 Å². The van der Waals surface area contributed by atoms with Crippen LogP contribution in [0.25, 0.3) is 0 Å². The molecule has 0 bridgehead atoms. The van der Waals surface area contributed by atoms with Crippen LogP contribution in [0.4, 0.5) is 11.6 Å². The zero-order chi connectivity index (χ0) is 14.8. The van der Waals surface area contributed by atoms with Crippen molar-refractivity contribution in [3.05, 3.63) is 11.4 Å². The lowest BCUT2D eigenvalue weighted by molar-refractivity contribution is -0.119. The first-order valence-electron chi connectivity index (χ1n) is 7.83. The highest BCUT2D eigenvalue weighted by molar-refractivity contribution is 5.78. The second-order valence-electron chi connectivity index (χ2n) is 5.89. The molecule has 6 heteroatoms. The zero-order valence-electron chi connectivity index (χ0n) is 12.7. The molecule has 3 N–H and O–H groups in total. The van der Waals surface area contributed by atoms with Gasteiger partial charge in [0.2, 0.25) is 5.91 Å². The van der Waals surface area contributed by atoms with Crippen molar-refractivity contribution in [3.63, 3.8) is 0 Å². The third kappa shape index (κ3) is 3.25. The summed E-state index contributed by atoms with van der Waals surface area (Å²) in [6, 6.07) is 0.207. The minimum absolute atomic E-state index is 0.146. The summed E-state index contributed by atoms with van der Waals surface area (Å²) in [5.74, 6) is 3.42. The first-order chi connectivity index (χ1) is 10.2. The Hall–Kier alpha value is -1.85. The average Bonchev–Trinajstić information content (AvgIpc) is 3.23. The summed E-state index contributed by atoms with van der Waals surface area (Å²) < 4.78 is 0. The second kappa shape index (κ2) is 5.87. The van der Waals surface area contributed by atoms with Crippen molar-refractivity contribution in [2.75, 3.05) is 23.7 Å². The number of nitrogens with zero attached hydrogens (tertiary/aromatic N) is 2. The first kappa shape index (κ1) is 14.1. The molecule has 2 aliphatic rings. The molecule has 114 valence electrons. The Labute approximate surface area is 125 Å². The molecule has 1 aromatic heterocycles. The highest BCUT2D eigenvalue weighted by Gasteiger charge is 2.28. The minimum atomic E-state index is 0.146. The van der Waals surface area contributed by atoms with Gasteiger partial charge in [0, 0.05) is 37.0 Å². The Bertz CT molecular complexity index is 541. The van der Waals surface area contributed by atoms with E-state index in [9.17, 15) is 4.79 Å². The summed E-state index contributed by atoms with van der Waals surface area (Å²) in [5, 5.41) is 9.68. The van der Waals surface area contributed by atoms with E-state index < -0.39 is 0 Å². The van der Waals surface area contributed by atoms with Gasteiger partial charge in [0.15, 0.2) is 0 Å². The van der Waals surface area contributed by atoms with E-state index in [1.807, 2.05) is 6.92 Å². The van der Waals surface area contributed by atoms with Crippen LogP contribution in [-0.4, -0.2) is 35.0 Å². The fourth-order valence-corrected chi connectivity index (χ4v) is 2.62. The number of amides is 1. The van der Waals surface area contributed by atoms with Gasteiger partial charge in [0.25, 0.3) is 0 Å². The maximum absolute atomic E-state index is 11.2. The molecular formula is C15H23N5O. The van der Waals surface area contributed by atoms with Crippen LogP contribution in [0.3, 0.4) is 0 Å². The van der Waals surface area contributed by atoms with Gasteiger partial charge in [-0.05, 0) is 33.1 Å². The van der Waals surface area contributed by atoms with Gasteiger partial charge in [-0.3, -0.25) is 4.79 Å². The Morgan fingerprint density at radius 2 is 1.90 bits per heavy atom. The van der Waals surface area contributed by atoms with Crippen molar-refractivity contribution in [2.24, 2.45) is 0 Å². The van der Waals surface area contributed by atoms with E-state index in [1.165, 1.54) is 12.8 Å². The number of carbonyl (C=O) groups is 1. The summed E-state index contributed by atoms with van der Waals surface area (Å²) in [6.07, 6.45) is 3.90. The Balaban J connectivity index is 1.74. The van der Waals surface area contributed by atoms with Gasteiger partial charge in [-0.25, -0.2) is 9.97 Å². The number of carbonyl (C=O) groups excluding carboxylic acids is 1. The quantitative estimate of drug-likeness (QED) is 0.744. The molecule has 6 nitrogen and oxygen atoms in total. The molecule has 1 saturated carbocycles. The van der Waals surface area contributed by atoms with Crippen molar-refractivity contribution < 1.29 is 4.79 Å². The molecule has 1 unspecified atom stereocenters. The van der Waals surface area contributed by atoms with E-state index >= 15 is 0 Å². The lowest BCUT2D eigenvalue weighted by Gasteiger charge is -2.16. The Morgan fingerprint density at radius 3 is 2.48 bits per heavy atom. The summed E-state index contributed by atoms with van der Waals surface area (Å²) >= 11 is 0. The topological polar surface area (TPSA) is 78.9 Å². The maximum Gasteiger partial charge on any atom is 0.220 e. The molecule has 0 radical (unpaired) electrons. The highest BCUT2D eigenvalue weighted by Crippen LogP contribution is 2.39. The van der Waals surface area contributed by atoms with Gasteiger partial charge in [-0.1, -0.05) is 0 Å². The molecule has 1 saturated heterocycles. The minimum Gasteiger partial charge on any atom is -0.370 e. The molecule has 1 aromatic rings. The summed E-state index contributed by atoms with van der Waals surface area (Å²) in [6.45, 7) is 5.67. The number of rotatable bonds is 6. The van der Waals surface area contributed by atoms with E-state index in [4.69, 9.17) is 0 Å². The fourth-order valence-electron chi connectivity index (χ4n) is 2.62. The van der Waals surface area contributed by atoms with Gasteiger partial charge in [0.05, 0.1) is 0 Å². The van der Waals surface area contributed by atoms with Crippen LogP contribution in [0.15, 0.2) is 0 Å². The normalized spacial score (nSPS) is 21.2. The lowest BCUT2D eigenvalue weighted by atomic mass is 10.2. The molecule has 1 amide bonds.